The van der Waals surface area contributed by atoms with Gasteiger partial charge in [0.2, 0.25) is 0 Å². The van der Waals surface area contributed by atoms with E-state index in [0.29, 0.717) is 0 Å². The third-order valence-corrected chi connectivity index (χ3v) is 1.19. The van der Waals surface area contributed by atoms with Crippen LogP contribution in [0.15, 0.2) is 24.8 Å². The molecule has 0 N–H and O–H groups in total. The number of unbranched alkanes of at least 4 members (excludes halogenated alkanes) is 2. The summed E-state index contributed by atoms with van der Waals surface area (Å²) in [5, 5.41) is 0. The van der Waals surface area contributed by atoms with Crippen molar-refractivity contribution in [2.45, 2.75) is 32.6 Å². The molecule has 0 atom stereocenters. The van der Waals surface area contributed by atoms with Gasteiger partial charge in [-0.2, -0.15) is 0 Å². The third-order valence-electron chi connectivity index (χ3n) is 1.19. The average molecular weight is 124 g/mol. The molecule has 0 aromatic carbocycles. The number of hydrogen-bond acceptors (Lipinski definition) is 0. The highest BCUT2D eigenvalue weighted by atomic mass is 13.8. The predicted octanol–water partition coefficient (Wildman–Crippen LogP) is 3.31. The van der Waals surface area contributed by atoms with Crippen molar-refractivity contribution < 1.29 is 0 Å². The topological polar surface area (TPSA) is 0 Å². The molecule has 0 aliphatic rings. The highest BCUT2D eigenvalue weighted by Gasteiger charge is 1.75. The summed E-state index contributed by atoms with van der Waals surface area (Å²) in [6, 6.07) is 0. The molecule has 0 amide bonds. The largest absolute Gasteiger partial charge is 0.103 e. The van der Waals surface area contributed by atoms with E-state index in [-0.39, 0.29) is 0 Å². The monoisotopic (exact) mass is 124 g/mol. The zero-order valence-corrected chi connectivity index (χ0v) is 6.27. The van der Waals surface area contributed by atoms with Crippen LogP contribution in [0, 0.1) is 0 Å². The SMILES string of the molecule is C=CC/C=C\CCCC. The first-order valence-electron chi connectivity index (χ1n) is 3.67. The lowest BCUT2D eigenvalue weighted by molar-refractivity contribution is 0.813. The molecular weight excluding hydrogens is 108 g/mol. The van der Waals surface area contributed by atoms with Crippen LogP contribution in [0.5, 0.6) is 0 Å². The van der Waals surface area contributed by atoms with E-state index in [1.807, 2.05) is 6.08 Å². The standard InChI is InChI=1S/C9H16/c1-3-5-7-9-8-6-4-2/h3,7,9H,1,4-6,8H2,2H3/b9-7-. The zero-order valence-electron chi connectivity index (χ0n) is 6.27. The molecule has 0 heteroatoms. The van der Waals surface area contributed by atoms with Crippen LogP contribution < -0.4 is 0 Å². The van der Waals surface area contributed by atoms with E-state index in [0.717, 1.165) is 6.42 Å². The van der Waals surface area contributed by atoms with E-state index in [9.17, 15) is 0 Å². The lowest BCUT2D eigenvalue weighted by Crippen LogP contribution is -1.65. The van der Waals surface area contributed by atoms with Crippen LogP contribution in [-0.2, 0) is 0 Å². The molecule has 0 spiro atoms. The quantitative estimate of drug-likeness (QED) is 0.389. The van der Waals surface area contributed by atoms with Crippen LogP contribution in [-0.4, -0.2) is 0 Å². The van der Waals surface area contributed by atoms with Gasteiger partial charge in [0.25, 0.3) is 0 Å². The van der Waals surface area contributed by atoms with Crippen LogP contribution in [0.25, 0.3) is 0 Å². The lowest BCUT2D eigenvalue weighted by Gasteiger charge is -1.85. The Labute approximate surface area is 58.3 Å². The van der Waals surface area contributed by atoms with Gasteiger partial charge < -0.3 is 0 Å². The molecule has 0 radical (unpaired) electrons. The van der Waals surface area contributed by atoms with E-state index in [1.54, 1.807) is 0 Å². The molecule has 0 saturated heterocycles. The van der Waals surface area contributed by atoms with Crippen molar-refractivity contribution in [1.29, 1.82) is 0 Å². The van der Waals surface area contributed by atoms with Crippen molar-refractivity contribution in [1.82, 2.24) is 0 Å². The number of hydrogen-bond donors (Lipinski definition) is 0. The molecule has 0 aliphatic carbocycles. The van der Waals surface area contributed by atoms with Crippen LogP contribution in [0.2, 0.25) is 0 Å². The maximum absolute atomic E-state index is 3.63. The fourth-order valence-corrected chi connectivity index (χ4v) is 0.632. The van der Waals surface area contributed by atoms with Gasteiger partial charge >= 0.3 is 0 Å². The average Bonchev–Trinajstić information content (AvgIpc) is 1.89. The summed E-state index contributed by atoms with van der Waals surface area (Å²) in [7, 11) is 0. The van der Waals surface area contributed by atoms with Crippen LogP contribution in [0.4, 0.5) is 0 Å². The summed E-state index contributed by atoms with van der Waals surface area (Å²) in [5.74, 6) is 0. The van der Waals surface area contributed by atoms with Crippen molar-refractivity contribution in [2.75, 3.05) is 0 Å². The maximum Gasteiger partial charge on any atom is -0.0172 e. The third kappa shape index (κ3) is 7.48. The molecule has 9 heavy (non-hydrogen) atoms. The highest BCUT2D eigenvalue weighted by molar-refractivity contribution is 4.87. The van der Waals surface area contributed by atoms with Gasteiger partial charge in [0.05, 0.1) is 0 Å². The zero-order chi connectivity index (χ0) is 6.95. The van der Waals surface area contributed by atoms with Crippen LogP contribution >= 0.6 is 0 Å². The molecule has 0 aromatic rings. The van der Waals surface area contributed by atoms with Crippen molar-refractivity contribution >= 4 is 0 Å². The Balaban J connectivity index is 2.94. The summed E-state index contributed by atoms with van der Waals surface area (Å²) < 4.78 is 0. The van der Waals surface area contributed by atoms with Crippen molar-refractivity contribution in [3.05, 3.63) is 24.8 Å². The molecule has 0 rings (SSSR count). The predicted molar refractivity (Wildman–Crippen MR) is 43.5 cm³/mol. The Hall–Kier alpha value is -0.520. The van der Waals surface area contributed by atoms with Gasteiger partial charge in [0.1, 0.15) is 0 Å². The van der Waals surface area contributed by atoms with Crippen LogP contribution in [0.1, 0.15) is 32.6 Å². The smallest absolute Gasteiger partial charge is 0.0172 e. The lowest BCUT2D eigenvalue weighted by atomic mass is 10.2. The fraction of sp³-hybridized carbons (Fsp3) is 0.556. The van der Waals surface area contributed by atoms with Gasteiger partial charge in [-0.25, -0.2) is 0 Å². The van der Waals surface area contributed by atoms with Gasteiger partial charge in [0, 0.05) is 0 Å². The second kappa shape index (κ2) is 7.48. The van der Waals surface area contributed by atoms with E-state index in [1.165, 1.54) is 19.3 Å². The number of rotatable bonds is 5. The van der Waals surface area contributed by atoms with Gasteiger partial charge in [-0.3, -0.25) is 0 Å². The van der Waals surface area contributed by atoms with Gasteiger partial charge in [0.15, 0.2) is 0 Å². The number of allylic oxidation sites excluding steroid dienone is 3. The van der Waals surface area contributed by atoms with Gasteiger partial charge in [-0.1, -0.05) is 38.0 Å². The minimum atomic E-state index is 1.02. The Kier molecular flexibility index (Phi) is 7.05. The Morgan fingerprint density at radius 1 is 1.33 bits per heavy atom. The van der Waals surface area contributed by atoms with Crippen LogP contribution in [0.3, 0.4) is 0 Å². The summed E-state index contributed by atoms with van der Waals surface area (Å²) in [5.41, 5.74) is 0. The summed E-state index contributed by atoms with van der Waals surface area (Å²) in [6.07, 6.45) is 11.2. The molecule has 52 valence electrons. The van der Waals surface area contributed by atoms with Gasteiger partial charge in [-0.15, -0.1) is 6.58 Å². The normalized spacial score (nSPS) is 10.3. The Bertz CT molecular complexity index is 80.0. The molecule has 0 bridgehead atoms. The molecular formula is C9H16. The molecule has 0 aliphatic heterocycles. The maximum atomic E-state index is 3.63. The van der Waals surface area contributed by atoms with E-state index in [2.05, 4.69) is 25.7 Å². The first-order chi connectivity index (χ1) is 4.41. The van der Waals surface area contributed by atoms with Crippen molar-refractivity contribution in [2.24, 2.45) is 0 Å². The molecule has 0 saturated carbocycles. The minimum absolute atomic E-state index is 1.02. The first-order valence-corrected chi connectivity index (χ1v) is 3.67. The molecule has 0 aromatic heterocycles. The van der Waals surface area contributed by atoms with Crippen molar-refractivity contribution in [3.8, 4) is 0 Å². The molecule has 0 fully saturated rings. The fourth-order valence-electron chi connectivity index (χ4n) is 0.632. The first kappa shape index (κ1) is 8.48. The summed E-state index contributed by atoms with van der Waals surface area (Å²) >= 11 is 0. The second-order valence-electron chi connectivity index (χ2n) is 2.14. The second-order valence-corrected chi connectivity index (χ2v) is 2.14. The molecule has 0 heterocycles. The van der Waals surface area contributed by atoms with Gasteiger partial charge in [-0.05, 0) is 12.8 Å². The Morgan fingerprint density at radius 3 is 2.67 bits per heavy atom. The van der Waals surface area contributed by atoms with E-state index in [4.69, 9.17) is 0 Å². The Morgan fingerprint density at radius 2 is 2.11 bits per heavy atom. The summed E-state index contributed by atoms with van der Waals surface area (Å²) in [6.45, 7) is 5.84. The van der Waals surface area contributed by atoms with E-state index < -0.39 is 0 Å². The molecule has 0 unspecified atom stereocenters. The molecule has 0 nitrogen and oxygen atoms in total. The van der Waals surface area contributed by atoms with E-state index >= 15 is 0 Å². The van der Waals surface area contributed by atoms with Crippen molar-refractivity contribution in [3.63, 3.8) is 0 Å². The summed E-state index contributed by atoms with van der Waals surface area (Å²) in [4.78, 5) is 0. The highest BCUT2D eigenvalue weighted by Crippen LogP contribution is 1.95. The minimum Gasteiger partial charge on any atom is -0.103 e.